The molecule has 0 bridgehead atoms. The molecular formula is C21H24FN5O2. The summed E-state index contributed by atoms with van der Waals surface area (Å²) in [5.41, 5.74) is 2.41. The zero-order chi connectivity index (χ0) is 20.6. The highest BCUT2D eigenvalue weighted by Crippen LogP contribution is 2.31. The number of amides is 2. The van der Waals surface area contributed by atoms with Crippen molar-refractivity contribution in [1.82, 2.24) is 10.6 Å². The second kappa shape index (κ2) is 9.68. The van der Waals surface area contributed by atoms with E-state index >= 15 is 0 Å². The first-order valence-corrected chi connectivity index (χ1v) is 9.51. The largest absolute Gasteiger partial charge is 0.357 e. The molecule has 0 spiro atoms. The van der Waals surface area contributed by atoms with Crippen molar-refractivity contribution in [2.45, 2.75) is 19.3 Å². The third-order valence-electron chi connectivity index (χ3n) is 4.48. The molecule has 2 amide bonds. The van der Waals surface area contributed by atoms with Gasteiger partial charge >= 0.3 is 0 Å². The Morgan fingerprint density at radius 3 is 2.69 bits per heavy atom. The minimum absolute atomic E-state index is 0.0110. The van der Waals surface area contributed by atoms with Gasteiger partial charge in [0, 0.05) is 36.8 Å². The molecule has 2 aromatic rings. The lowest BCUT2D eigenvalue weighted by Gasteiger charge is -2.26. The molecule has 0 saturated heterocycles. The Labute approximate surface area is 168 Å². The molecule has 1 aliphatic heterocycles. The fourth-order valence-corrected chi connectivity index (χ4v) is 3.13. The van der Waals surface area contributed by atoms with Crippen LogP contribution < -0.4 is 21.3 Å². The average Bonchev–Trinajstić information content (AvgIpc) is 2.71. The van der Waals surface area contributed by atoms with Gasteiger partial charge in [0.1, 0.15) is 12.4 Å². The first kappa shape index (κ1) is 20.3. The molecule has 1 aliphatic rings. The summed E-state index contributed by atoms with van der Waals surface area (Å²) in [5, 5.41) is 11.9. The van der Waals surface area contributed by atoms with Crippen molar-refractivity contribution in [3.8, 4) is 0 Å². The van der Waals surface area contributed by atoms with Gasteiger partial charge in [-0.3, -0.25) is 9.59 Å². The van der Waals surface area contributed by atoms with Crippen LogP contribution >= 0.6 is 0 Å². The number of hydrogen-bond donors (Lipinski definition) is 4. The van der Waals surface area contributed by atoms with Crippen LogP contribution in [0.1, 0.15) is 24.8 Å². The summed E-state index contributed by atoms with van der Waals surface area (Å²) in [6.45, 7) is 2.98. The van der Waals surface area contributed by atoms with Crippen molar-refractivity contribution in [2.75, 3.05) is 30.3 Å². The highest BCUT2D eigenvalue weighted by molar-refractivity contribution is 5.95. The molecule has 1 unspecified atom stereocenters. The van der Waals surface area contributed by atoms with Crippen LogP contribution in [0.25, 0.3) is 0 Å². The molecule has 8 heteroatoms. The number of halogens is 1. The van der Waals surface area contributed by atoms with E-state index in [1.165, 1.54) is 24.3 Å². The number of anilines is 2. The van der Waals surface area contributed by atoms with Crippen molar-refractivity contribution < 1.29 is 14.0 Å². The number of fused-ring (bicyclic) bond motifs is 1. The summed E-state index contributed by atoms with van der Waals surface area (Å²) in [6.07, 6.45) is 0.383. The molecule has 7 nitrogen and oxygen atoms in total. The number of nitrogens with zero attached hydrogens (tertiary/aromatic N) is 1. The van der Waals surface area contributed by atoms with Gasteiger partial charge in [-0.05, 0) is 42.8 Å². The van der Waals surface area contributed by atoms with E-state index in [9.17, 15) is 14.0 Å². The summed E-state index contributed by atoms with van der Waals surface area (Å²) in [6, 6.07) is 13.3. The molecule has 152 valence electrons. The van der Waals surface area contributed by atoms with Gasteiger partial charge in [0.25, 0.3) is 0 Å². The van der Waals surface area contributed by atoms with Crippen molar-refractivity contribution in [1.29, 1.82) is 0 Å². The van der Waals surface area contributed by atoms with E-state index < -0.39 is 0 Å². The van der Waals surface area contributed by atoms with Crippen LogP contribution in [-0.2, 0) is 9.59 Å². The van der Waals surface area contributed by atoms with E-state index in [1.54, 1.807) is 0 Å². The maximum absolute atomic E-state index is 12.9. The second-order valence-corrected chi connectivity index (χ2v) is 6.67. The first-order valence-electron chi connectivity index (χ1n) is 9.51. The minimum atomic E-state index is -0.363. The molecule has 2 aromatic carbocycles. The van der Waals surface area contributed by atoms with Crippen LogP contribution in [0.15, 0.2) is 53.5 Å². The highest BCUT2D eigenvalue weighted by Gasteiger charge is 2.24. The standard InChI is InChI=1S/C21H24FN5O2/c1-2-23-21(25-13-20(29)26-16-9-7-15(22)8-10-16)24-12-14-11-19(28)27-18-6-4-3-5-17(14)18/h3-10,14H,2,11-13H2,1H3,(H,26,29)(H,27,28)(H2,23,24,25). The Kier molecular flexibility index (Phi) is 6.78. The van der Waals surface area contributed by atoms with E-state index in [0.717, 1.165) is 11.3 Å². The number of guanidine groups is 1. The molecule has 0 fully saturated rings. The lowest BCUT2D eigenvalue weighted by atomic mass is 9.90. The molecule has 0 aromatic heterocycles. The average molecular weight is 397 g/mol. The van der Waals surface area contributed by atoms with Crippen LogP contribution in [-0.4, -0.2) is 37.4 Å². The monoisotopic (exact) mass is 397 g/mol. The van der Waals surface area contributed by atoms with Gasteiger partial charge in [0.2, 0.25) is 11.8 Å². The van der Waals surface area contributed by atoms with Crippen molar-refractivity contribution in [2.24, 2.45) is 4.99 Å². The van der Waals surface area contributed by atoms with E-state index in [2.05, 4.69) is 26.3 Å². The number of rotatable bonds is 6. The molecule has 0 radical (unpaired) electrons. The number of benzene rings is 2. The van der Waals surface area contributed by atoms with Crippen LogP contribution in [0.3, 0.4) is 0 Å². The van der Waals surface area contributed by atoms with Gasteiger partial charge in [-0.2, -0.15) is 0 Å². The predicted octanol–water partition coefficient (Wildman–Crippen LogP) is 2.45. The molecule has 1 heterocycles. The first-order chi connectivity index (χ1) is 14.0. The SMILES string of the molecule is CCNC(=NCC(=O)Nc1ccc(F)cc1)NCC1CC(=O)Nc2ccccc21. The fraction of sp³-hybridized carbons (Fsp3) is 0.286. The number of carbonyl (C=O) groups excluding carboxylic acids is 2. The lowest BCUT2D eigenvalue weighted by Crippen LogP contribution is -2.41. The Balaban J connectivity index is 1.59. The van der Waals surface area contributed by atoms with E-state index in [4.69, 9.17) is 0 Å². The maximum atomic E-state index is 12.9. The van der Waals surface area contributed by atoms with Gasteiger partial charge < -0.3 is 21.3 Å². The summed E-state index contributed by atoms with van der Waals surface area (Å²) < 4.78 is 12.9. The van der Waals surface area contributed by atoms with Gasteiger partial charge in [0.05, 0.1) is 0 Å². The third-order valence-corrected chi connectivity index (χ3v) is 4.48. The lowest BCUT2D eigenvalue weighted by molar-refractivity contribution is -0.117. The van der Waals surface area contributed by atoms with Crippen LogP contribution in [0.5, 0.6) is 0 Å². The quantitative estimate of drug-likeness (QED) is 0.445. The molecule has 0 aliphatic carbocycles. The summed E-state index contributed by atoms with van der Waals surface area (Å²) in [7, 11) is 0. The molecule has 4 N–H and O–H groups in total. The third kappa shape index (κ3) is 5.78. The molecule has 0 saturated carbocycles. The topological polar surface area (TPSA) is 94.6 Å². The smallest absolute Gasteiger partial charge is 0.246 e. The second-order valence-electron chi connectivity index (χ2n) is 6.67. The van der Waals surface area contributed by atoms with E-state index in [0.29, 0.717) is 31.2 Å². The predicted molar refractivity (Wildman–Crippen MR) is 111 cm³/mol. The molecular weight excluding hydrogens is 373 g/mol. The number of aliphatic imine (C=N–C) groups is 1. The van der Waals surface area contributed by atoms with Crippen molar-refractivity contribution in [3.63, 3.8) is 0 Å². The Bertz CT molecular complexity index is 898. The summed E-state index contributed by atoms with van der Waals surface area (Å²) in [4.78, 5) is 28.3. The summed E-state index contributed by atoms with van der Waals surface area (Å²) in [5.74, 6) is -0.188. The van der Waals surface area contributed by atoms with Gasteiger partial charge in [-0.25, -0.2) is 9.38 Å². The molecule has 1 atom stereocenters. The zero-order valence-corrected chi connectivity index (χ0v) is 16.2. The van der Waals surface area contributed by atoms with Crippen LogP contribution in [0.2, 0.25) is 0 Å². The Hall–Kier alpha value is -3.42. The number of nitrogens with one attached hydrogen (secondary N) is 4. The van der Waals surface area contributed by atoms with Gasteiger partial charge in [-0.1, -0.05) is 18.2 Å². The Morgan fingerprint density at radius 1 is 1.17 bits per heavy atom. The van der Waals surface area contributed by atoms with Crippen molar-refractivity contribution in [3.05, 3.63) is 59.9 Å². The van der Waals surface area contributed by atoms with Crippen molar-refractivity contribution >= 4 is 29.1 Å². The van der Waals surface area contributed by atoms with E-state index in [1.807, 2.05) is 31.2 Å². The van der Waals surface area contributed by atoms with Crippen LogP contribution in [0, 0.1) is 5.82 Å². The number of hydrogen-bond acceptors (Lipinski definition) is 3. The van der Waals surface area contributed by atoms with Crippen LogP contribution in [0.4, 0.5) is 15.8 Å². The molecule has 3 rings (SSSR count). The normalized spacial score (nSPS) is 15.9. The zero-order valence-electron chi connectivity index (χ0n) is 16.2. The molecule has 29 heavy (non-hydrogen) atoms. The number of para-hydroxylation sites is 1. The number of carbonyl (C=O) groups is 2. The minimum Gasteiger partial charge on any atom is -0.357 e. The van der Waals surface area contributed by atoms with Gasteiger partial charge in [0.15, 0.2) is 5.96 Å². The fourth-order valence-electron chi connectivity index (χ4n) is 3.13. The summed E-state index contributed by atoms with van der Waals surface area (Å²) >= 11 is 0. The highest BCUT2D eigenvalue weighted by atomic mass is 19.1. The Morgan fingerprint density at radius 2 is 1.93 bits per heavy atom. The van der Waals surface area contributed by atoms with E-state index in [-0.39, 0.29) is 30.1 Å². The maximum Gasteiger partial charge on any atom is 0.246 e. The van der Waals surface area contributed by atoms with Gasteiger partial charge in [-0.15, -0.1) is 0 Å².